The van der Waals surface area contributed by atoms with E-state index in [1.54, 1.807) is 24.3 Å². The maximum absolute atomic E-state index is 14.1. The predicted molar refractivity (Wildman–Crippen MR) is 160 cm³/mol. The highest BCUT2D eigenvalue weighted by Gasteiger charge is 2.32. The number of methoxy groups -OCH3 is 2. The molecule has 0 aliphatic heterocycles. The number of fused-ring (bicyclic) bond motifs is 1. The number of aromatic nitrogens is 4. The molecular weight excluding hydrogens is 612 g/mol. The molecular formula is C28H26N6O8S2. The van der Waals surface area contributed by atoms with Crippen molar-refractivity contribution < 1.29 is 36.2 Å². The van der Waals surface area contributed by atoms with Crippen LogP contribution in [0.1, 0.15) is 5.82 Å². The second kappa shape index (κ2) is 12.2. The summed E-state index contributed by atoms with van der Waals surface area (Å²) < 4.78 is 67.9. The molecule has 0 saturated heterocycles. The van der Waals surface area contributed by atoms with E-state index in [-0.39, 0.29) is 38.9 Å². The molecule has 44 heavy (non-hydrogen) atoms. The summed E-state index contributed by atoms with van der Waals surface area (Å²) in [6, 6.07) is 20.6. The lowest BCUT2D eigenvalue weighted by Gasteiger charge is -2.28. The number of H-pyrrole nitrogens is 1. The molecule has 16 heteroatoms. The summed E-state index contributed by atoms with van der Waals surface area (Å²) in [6.07, 6.45) is 0. The average molecular weight is 639 g/mol. The quantitative estimate of drug-likeness (QED) is 0.205. The van der Waals surface area contributed by atoms with Crippen LogP contribution in [0.4, 0.5) is 11.4 Å². The Labute approximate surface area is 252 Å². The number of rotatable bonds is 12. The lowest BCUT2D eigenvalue weighted by Crippen LogP contribution is -2.36. The second-order valence-corrected chi connectivity index (χ2v) is 13.0. The van der Waals surface area contributed by atoms with E-state index in [9.17, 15) is 26.7 Å². The Balaban J connectivity index is 1.69. The number of aromatic amines is 1. The minimum atomic E-state index is -4.40. The molecule has 0 aliphatic rings. The molecule has 1 aromatic heterocycles. The molecule has 5 aromatic rings. The molecule has 2 N–H and O–H groups in total. The van der Waals surface area contributed by atoms with Crippen molar-refractivity contribution in [2.45, 2.75) is 16.3 Å². The maximum atomic E-state index is 14.1. The average Bonchev–Trinajstić information content (AvgIpc) is 3.55. The normalized spacial score (nSPS) is 11.7. The van der Waals surface area contributed by atoms with Gasteiger partial charge < -0.3 is 14.6 Å². The van der Waals surface area contributed by atoms with E-state index in [1.165, 1.54) is 74.9 Å². The van der Waals surface area contributed by atoms with Gasteiger partial charge in [-0.1, -0.05) is 29.5 Å². The smallest absolute Gasteiger partial charge is 0.324 e. The first-order valence-electron chi connectivity index (χ1n) is 12.9. The first-order chi connectivity index (χ1) is 21.1. The molecule has 0 spiro atoms. The molecule has 0 radical (unpaired) electrons. The van der Waals surface area contributed by atoms with Gasteiger partial charge in [0.1, 0.15) is 18.0 Å². The van der Waals surface area contributed by atoms with Gasteiger partial charge in [-0.2, -0.15) is 5.21 Å². The Hall–Kier alpha value is -5.22. The zero-order chi connectivity index (χ0) is 31.5. The SMILES string of the molecule is COc1ccc(S(=O)(=O)N(CC(=O)O)c2ccc(N(Cc3nn[nH]n3)S(=O)(=O)c3ccc(OC)cc3)c3ccccc23)cc1. The van der Waals surface area contributed by atoms with Gasteiger partial charge in [-0.15, -0.1) is 10.2 Å². The molecule has 0 fully saturated rings. The zero-order valence-corrected chi connectivity index (χ0v) is 25.0. The van der Waals surface area contributed by atoms with Crippen molar-refractivity contribution in [3.05, 3.63) is 90.8 Å². The van der Waals surface area contributed by atoms with Gasteiger partial charge in [0.05, 0.1) is 41.9 Å². The van der Waals surface area contributed by atoms with Crippen LogP contribution in [0.2, 0.25) is 0 Å². The zero-order valence-electron chi connectivity index (χ0n) is 23.4. The van der Waals surface area contributed by atoms with Crippen LogP contribution < -0.4 is 18.1 Å². The van der Waals surface area contributed by atoms with Crippen molar-refractivity contribution >= 4 is 48.2 Å². The van der Waals surface area contributed by atoms with Crippen molar-refractivity contribution in [3.8, 4) is 11.5 Å². The molecule has 0 bridgehead atoms. The fourth-order valence-electron chi connectivity index (χ4n) is 4.55. The second-order valence-electron chi connectivity index (χ2n) is 9.25. The summed E-state index contributed by atoms with van der Waals surface area (Å²) in [7, 11) is -5.76. The standard InChI is InChI=1S/C28H26N6O8S2/c1-41-19-7-11-21(12-8-19)43(37,38)33(17-27-29-31-32-30-27)25-15-16-26(24-6-4-3-5-23(24)25)34(18-28(35)36)44(39,40)22-13-9-20(42-2)10-14-22/h3-16H,17-18H2,1-2H3,(H,35,36)(H,29,30,31,32). The lowest BCUT2D eigenvalue weighted by atomic mass is 10.1. The monoisotopic (exact) mass is 638 g/mol. The highest BCUT2D eigenvalue weighted by atomic mass is 32.2. The fraction of sp³-hybridized carbons (Fsp3) is 0.143. The molecule has 1 heterocycles. The van der Waals surface area contributed by atoms with Gasteiger partial charge in [0.25, 0.3) is 20.0 Å². The summed E-state index contributed by atoms with van der Waals surface area (Å²) in [5.74, 6) is -0.441. The first-order valence-corrected chi connectivity index (χ1v) is 15.7. The Morgan fingerprint density at radius 1 is 0.750 bits per heavy atom. The lowest BCUT2D eigenvalue weighted by molar-refractivity contribution is -0.135. The van der Waals surface area contributed by atoms with Gasteiger partial charge in [0, 0.05) is 10.8 Å². The highest BCUT2D eigenvalue weighted by molar-refractivity contribution is 7.93. The number of nitrogens with one attached hydrogen (secondary N) is 1. The van der Waals surface area contributed by atoms with E-state index in [1.807, 2.05) is 0 Å². The van der Waals surface area contributed by atoms with E-state index < -0.39 is 32.6 Å². The number of ether oxygens (including phenoxy) is 2. The molecule has 4 aromatic carbocycles. The van der Waals surface area contributed by atoms with E-state index in [2.05, 4.69) is 20.6 Å². The van der Waals surface area contributed by atoms with Crippen LogP contribution in [0.5, 0.6) is 11.5 Å². The van der Waals surface area contributed by atoms with Crippen LogP contribution in [-0.4, -0.2) is 69.3 Å². The molecule has 0 saturated carbocycles. The molecule has 0 aliphatic carbocycles. The predicted octanol–water partition coefficient (Wildman–Crippen LogP) is 3.05. The van der Waals surface area contributed by atoms with E-state index >= 15 is 0 Å². The van der Waals surface area contributed by atoms with Crippen molar-refractivity contribution in [1.29, 1.82) is 0 Å². The third-order valence-electron chi connectivity index (χ3n) is 6.66. The molecule has 0 unspecified atom stereocenters. The number of hydrogen-bond acceptors (Lipinski definition) is 10. The van der Waals surface area contributed by atoms with Crippen LogP contribution in [0.15, 0.2) is 94.7 Å². The molecule has 228 valence electrons. The number of anilines is 2. The number of aliphatic carboxylic acids is 1. The van der Waals surface area contributed by atoms with Crippen LogP contribution in [0, 0.1) is 0 Å². The summed E-state index contributed by atoms with van der Waals surface area (Å²) in [6.45, 7) is -1.22. The Morgan fingerprint density at radius 2 is 1.23 bits per heavy atom. The molecule has 0 atom stereocenters. The Kier molecular flexibility index (Phi) is 8.37. The molecule has 0 amide bonds. The van der Waals surface area contributed by atoms with Gasteiger partial charge in [-0.25, -0.2) is 16.8 Å². The van der Waals surface area contributed by atoms with E-state index in [0.717, 1.165) is 8.61 Å². The number of hydrogen-bond donors (Lipinski definition) is 2. The van der Waals surface area contributed by atoms with Gasteiger partial charge in [0.15, 0.2) is 5.82 Å². The van der Waals surface area contributed by atoms with Crippen molar-refractivity contribution in [2.75, 3.05) is 29.4 Å². The van der Waals surface area contributed by atoms with Crippen LogP contribution in [0.3, 0.4) is 0 Å². The Morgan fingerprint density at radius 3 is 1.66 bits per heavy atom. The van der Waals surface area contributed by atoms with E-state index in [4.69, 9.17) is 9.47 Å². The van der Waals surface area contributed by atoms with Gasteiger partial charge in [-0.05, 0) is 60.7 Å². The minimum Gasteiger partial charge on any atom is -0.497 e. The van der Waals surface area contributed by atoms with Crippen molar-refractivity contribution in [1.82, 2.24) is 20.6 Å². The number of carboxylic acids is 1. The number of sulfonamides is 2. The first kappa shape index (κ1) is 30.2. The highest BCUT2D eigenvalue weighted by Crippen LogP contribution is 2.39. The summed E-state index contributed by atoms with van der Waals surface area (Å²) in [4.78, 5) is 11.7. The van der Waals surface area contributed by atoms with Gasteiger partial charge in [-0.3, -0.25) is 13.4 Å². The Bertz CT molecular complexity index is 2000. The number of benzene rings is 4. The maximum Gasteiger partial charge on any atom is 0.324 e. The molecule has 5 rings (SSSR count). The third-order valence-corrected chi connectivity index (χ3v) is 10.2. The number of carboxylic acid groups (broad SMARTS) is 1. The van der Waals surface area contributed by atoms with Crippen LogP contribution in [0.25, 0.3) is 10.8 Å². The largest absolute Gasteiger partial charge is 0.497 e. The summed E-state index contributed by atoms with van der Waals surface area (Å²) in [5, 5.41) is 24.0. The van der Waals surface area contributed by atoms with Crippen LogP contribution in [-0.2, 0) is 31.4 Å². The van der Waals surface area contributed by atoms with Crippen LogP contribution >= 0.6 is 0 Å². The summed E-state index contributed by atoms with van der Waals surface area (Å²) in [5.41, 5.74) is 0.200. The molecule has 14 nitrogen and oxygen atoms in total. The van der Waals surface area contributed by atoms with Gasteiger partial charge in [0.2, 0.25) is 0 Å². The number of carbonyl (C=O) groups is 1. The van der Waals surface area contributed by atoms with Crippen molar-refractivity contribution in [3.63, 3.8) is 0 Å². The summed E-state index contributed by atoms with van der Waals surface area (Å²) >= 11 is 0. The minimum absolute atomic E-state index is 0.0314. The van der Waals surface area contributed by atoms with Crippen molar-refractivity contribution in [2.24, 2.45) is 0 Å². The van der Waals surface area contributed by atoms with Gasteiger partial charge >= 0.3 is 5.97 Å². The fourth-order valence-corrected chi connectivity index (χ4v) is 7.42. The topological polar surface area (TPSA) is 185 Å². The third kappa shape index (κ3) is 5.84. The number of tetrazole rings is 1. The number of nitrogens with zero attached hydrogens (tertiary/aromatic N) is 5. The van der Waals surface area contributed by atoms with E-state index in [0.29, 0.717) is 16.9 Å².